The minimum absolute atomic E-state index is 0.641. The highest BCUT2D eigenvalue weighted by Crippen LogP contribution is 2.26. The highest BCUT2D eigenvalue weighted by molar-refractivity contribution is 5.14. The Hall–Kier alpha value is -1.08. The van der Waals surface area contributed by atoms with E-state index in [-0.39, 0.29) is 0 Å². The summed E-state index contributed by atoms with van der Waals surface area (Å²) in [6, 6.07) is 11.2. The van der Waals surface area contributed by atoms with Crippen LogP contribution in [0.15, 0.2) is 43.0 Å². The maximum Gasteiger partial charge on any atom is 0.0208 e. The Bertz CT molecular complexity index is 304. The van der Waals surface area contributed by atoms with Crippen LogP contribution in [0.2, 0.25) is 0 Å². The van der Waals surface area contributed by atoms with E-state index in [1.165, 1.54) is 24.8 Å². The van der Waals surface area contributed by atoms with Gasteiger partial charge in [-0.25, -0.2) is 0 Å². The summed E-state index contributed by atoms with van der Waals surface area (Å²) in [5.74, 6) is 0.675. The van der Waals surface area contributed by atoms with Gasteiger partial charge in [0.05, 0.1) is 0 Å². The Morgan fingerprint density at radius 2 is 2.07 bits per heavy atom. The maximum atomic E-state index is 3.91. The maximum absolute atomic E-state index is 3.91. The summed E-state index contributed by atoms with van der Waals surface area (Å²) in [6.07, 6.45) is 6.04. The molecular formula is C14H19N. The van der Waals surface area contributed by atoms with Crippen molar-refractivity contribution >= 4 is 0 Å². The lowest BCUT2D eigenvalue weighted by Crippen LogP contribution is -2.30. The largest absolute Gasteiger partial charge is 0.309 e. The molecule has 0 saturated heterocycles. The molecule has 15 heavy (non-hydrogen) atoms. The van der Waals surface area contributed by atoms with Crippen LogP contribution in [0.5, 0.6) is 0 Å². The molecule has 1 aromatic rings. The van der Waals surface area contributed by atoms with Gasteiger partial charge in [0, 0.05) is 12.6 Å². The highest BCUT2D eigenvalue weighted by atomic mass is 14.9. The summed E-state index contributed by atoms with van der Waals surface area (Å²) < 4.78 is 0. The average Bonchev–Trinajstić information content (AvgIpc) is 2.75. The van der Waals surface area contributed by atoms with E-state index in [1.807, 2.05) is 0 Å². The average molecular weight is 201 g/mol. The SMILES string of the molecule is C=CC1CCCC1NCc1ccccc1. The molecule has 0 bridgehead atoms. The molecular weight excluding hydrogens is 182 g/mol. The molecule has 2 unspecified atom stereocenters. The van der Waals surface area contributed by atoms with Gasteiger partial charge in [-0.2, -0.15) is 0 Å². The van der Waals surface area contributed by atoms with E-state index >= 15 is 0 Å². The van der Waals surface area contributed by atoms with Crippen molar-refractivity contribution in [3.05, 3.63) is 48.6 Å². The topological polar surface area (TPSA) is 12.0 Å². The monoisotopic (exact) mass is 201 g/mol. The summed E-state index contributed by atoms with van der Waals surface area (Å²) in [4.78, 5) is 0. The Balaban J connectivity index is 1.85. The molecule has 80 valence electrons. The van der Waals surface area contributed by atoms with Crippen LogP contribution in [-0.4, -0.2) is 6.04 Å². The predicted molar refractivity (Wildman–Crippen MR) is 64.6 cm³/mol. The van der Waals surface area contributed by atoms with Crippen molar-refractivity contribution in [3.63, 3.8) is 0 Å². The summed E-state index contributed by atoms with van der Waals surface area (Å²) >= 11 is 0. The lowest BCUT2D eigenvalue weighted by atomic mass is 10.0. The van der Waals surface area contributed by atoms with Crippen molar-refractivity contribution in [2.75, 3.05) is 0 Å². The first-order valence-electron chi connectivity index (χ1n) is 5.80. The van der Waals surface area contributed by atoms with E-state index in [4.69, 9.17) is 0 Å². The number of benzene rings is 1. The van der Waals surface area contributed by atoms with Crippen molar-refractivity contribution in [1.82, 2.24) is 5.32 Å². The van der Waals surface area contributed by atoms with Crippen LogP contribution in [0, 0.1) is 5.92 Å². The van der Waals surface area contributed by atoms with E-state index in [0.717, 1.165) is 6.54 Å². The van der Waals surface area contributed by atoms with Gasteiger partial charge in [-0.1, -0.05) is 42.8 Å². The zero-order chi connectivity index (χ0) is 10.5. The van der Waals surface area contributed by atoms with Gasteiger partial charge in [0.15, 0.2) is 0 Å². The molecule has 1 heteroatoms. The van der Waals surface area contributed by atoms with Crippen molar-refractivity contribution in [3.8, 4) is 0 Å². The molecule has 1 nitrogen and oxygen atoms in total. The Kier molecular flexibility index (Phi) is 3.57. The summed E-state index contributed by atoms with van der Waals surface area (Å²) in [5.41, 5.74) is 1.37. The molecule has 1 aliphatic carbocycles. The number of hydrogen-bond acceptors (Lipinski definition) is 1. The van der Waals surface area contributed by atoms with Gasteiger partial charge in [-0.05, 0) is 24.3 Å². The van der Waals surface area contributed by atoms with E-state index in [1.54, 1.807) is 0 Å². The molecule has 0 aromatic heterocycles. The number of hydrogen-bond donors (Lipinski definition) is 1. The molecule has 1 fully saturated rings. The van der Waals surface area contributed by atoms with Gasteiger partial charge in [0.1, 0.15) is 0 Å². The van der Waals surface area contributed by atoms with Gasteiger partial charge in [0.25, 0.3) is 0 Å². The number of rotatable bonds is 4. The minimum atomic E-state index is 0.641. The Morgan fingerprint density at radius 1 is 1.27 bits per heavy atom. The predicted octanol–water partition coefficient (Wildman–Crippen LogP) is 3.13. The third-order valence-corrected chi connectivity index (χ3v) is 3.28. The van der Waals surface area contributed by atoms with Crippen LogP contribution in [0.1, 0.15) is 24.8 Å². The summed E-state index contributed by atoms with van der Waals surface area (Å²) in [6.45, 7) is 4.89. The van der Waals surface area contributed by atoms with Crippen LogP contribution in [0.3, 0.4) is 0 Å². The van der Waals surface area contributed by atoms with E-state index in [2.05, 4.69) is 48.3 Å². The normalized spacial score (nSPS) is 25.3. The molecule has 1 aromatic carbocycles. The third-order valence-electron chi connectivity index (χ3n) is 3.28. The van der Waals surface area contributed by atoms with Gasteiger partial charge in [-0.3, -0.25) is 0 Å². The molecule has 1 aliphatic rings. The fourth-order valence-corrected chi connectivity index (χ4v) is 2.37. The summed E-state index contributed by atoms with van der Waals surface area (Å²) in [7, 11) is 0. The smallest absolute Gasteiger partial charge is 0.0208 e. The molecule has 2 atom stereocenters. The Labute approximate surface area is 92.2 Å². The molecule has 2 rings (SSSR count). The lowest BCUT2D eigenvalue weighted by Gasteiger charge is -2.17. The standard InChI is InChI=1S/C14H19N/c1-2-13-9-6-10-14(13)15-11-12-7-4-3-5-8-12/h2-5,7-8,13-15H,1,6,9-11H2. The van der Waals surface area contributed by atoms with Gasteiger partial charge in [-0.15, -0.1) is 6.58 Å². The van der Waals surface area contributed by atoms with Crippen molar-refractivity contribution in [2.24, 2.45) is 5.92 Å². The van der Waals surface area contributed by atoms with Gasteiger partial charge < -0.3 is 5.32 Å². The fourth-order valence-electron chi connectivity index (χ4n) is 2.37. The van der Waals surface area contributed by atoms with Gasteiger partial charge in [0.2, 0.25) is 0 Å². The quantitative estimate of drug-likeness (QED) is 0.738. The third kappa shape index (κ3) is 2.69. The van der Waals surface area contributed by atoms with Crippen LogP contribution < -0.4 is 5.32 Å². The van der Waals surface area contributed by atoms with E-state index in [0.29, 0.717) is 12.0 Å². The summed E-state index contributed by atoms with van der Waals surface area (Å²) in [5, 5.41) is 3.63. The molecule has 1 saturated carbocycles. The van der Waals surface area contributed by atoms with Crippen molar-refractivity contribution in [2.45, 2.75) is 31.8 Å². The fraction of sp³-hybridized carbons (Fsp3) is 0.429. The molecule has 0 spiro atoms. The molecule has 0 radical (unpaired) electrons. The first-order chi connectivity index (χ1) is 7.40. The molecule has 0 heterocycles. The minimum Gasteiger partial charge on any atom is -0.309 e. The molecule has 1 N–H and O–H groups in total. The molecule has 0 aliphatic heterocycles. The zero-order valence-electron chi connectivity index (χ0n) is 9.15. The van der Waals surface area contributed by atoms with Crippen LogP contribution in [0.25, 0.3) is 0 Å². The van der Waals surface area contributed by atoms with Crippen molar-refractivity contribution < 1.29 is 0 Å². The second kappa shape index (κ2) is 5.13. The van der Waals surface area contributed by atoms with Crippen molar-refractivity contribution in [1.29, 1.82) is 0 Å². The lowest BCUT2D eigenvalue weighted by molar-refractivity contribution is 0.458. The first kappa shape index (κ1) is 10.4. The second-order valence-electron chi connectivity index (χ2n) is 4.30. The second-order valence-corrected chi connectivity index (χ2v) is 4.30. The van der Waals surface area contributed by atoms with Crippen LogP contribution in [0.4, 0.5) is 0 Å². The zero-order valence-corrected chi connectivity index (χ0v) is 9.15. The van der Waals surface area contributed by atoms with Gasteiger partial charge >= 0.3 is 0 Å². The number of nitrogens with one attached hydrogen (secondary N) is 1. The highest BCUT2D eigenvalue weighted by Gasteiger charge is 2.23. The van der Waals surface area contributed by atoms with E-state index in [9.17, 15) is 0 Å². The molecule has 0 amide bonds. The Morgan fingerprint density at radius 3 is 2.80 bits per heavy atom. The van der Waals surface area contributed by atoms with Crippen LogP contribution >= 0.6 is 0 Å². The van der Waals surface area contributed by atoms with Crippen LogP contribution in [-0.2, 0) is 6.54 Å². The van der Waals surface area contributed by atoms with E-state index < -0.39 is 0 Å². The first-order valence-corrected chi connectivity index (χ1v) is 5.80.